The topological polar surface area (TPSA) is 68.5 Å². The molecule has 0 bridgehead atoms. The molecule has 0 saturated heterocycles. The Balaban J connectivity index is 1.84. The zero-order chi connectivity index (χ0) is 20.1. The first-order valence-corrected chi connectivity index (χ1v) is 8.12. The largest absolute Gasteiger partial charge is 0.457 e. The van der Waals surface area contributed by atoms with Crippen molar-refractivity contribution in [3.63, 3.8) is 0 Å². The average Bonchev–Trinajstić information content (AvgIpc) is 3.21. The lowest BCUT2D eigenvalue weighted by atomic mass is 10.1. The van der Waals surface area contributed by atoms with Crippen LogP contribution in [0.15, 0.2) is 77.4 Å². The van der Waals surface area contributed by atoms with Crippen LogP contribution in [0.2, 0.25) is 0 Å². The van der Waals surface area contributed by atoms with Crippen LogP contribution in [0.1, 0.15) is 27.8 Å². The quantitative estimate of drug-likeness (QED) is 0.635. The SMILES string of the molecule is O=C(O[C@@H](C(=O)Nc1cccc(C(F)(F)F)c1)c1ccccc1)c1ccco1. The van der Waals surface area contributed by atoms with Crippen LogP contribution in [-0.4, -0.2) is 11.9 Å². The summed E-state index contributed by atoms with van der Waals surface area (Å²) in [6, 6.07) is 15.1. The molecule has 0 unspecified atom stereocenters. The van der Waals surface area contributed by atoms with E-state index in [2.05, 4.69) is 5.32 Å². The lowest BCUT2D eigenvalue weighted by Gasteiger charge is -2.18. The van der Waals surface area contributed by atoms with Crippen LogP contribution in [0.3, 0.4) is 0 Å². The van der Waals surface area contributed by atoms with Gasteiger partial charge in [0.1, 0.15) is 0 Å². The molecule has 1 N–H and O–H groups in total. The molecule has 5 nitrogen and oxygen atoms in total. The number of nitrogens with one attached hydrogen (secondary N) is 1. The number of benzene rings is 2. The number of halogens is 3. The molecule has 1 atom stereocenters. The van der Waals surface area contributed by atoms with Crippen LogP contribution in [0.25, 0.3) is 0 Å². The number of alkyl halides is 3. The zero-order valence-electron chi connectivity index (χ0n) is 14.3. The number of amides is 1. The molecule has 1 amide bonds. The number of hydrogen-bond acceptors (Lipinski definition) is 4. The van der Waals surface area contributed by atoms with E-state index in [1.54, 1.807) is 30.3 Å². The molecular formula is C20H14F3NO4. The first kappa shape index (κ1) is 19.2. The number of carbonyl (C=O) groups is 2. The first-order chi connectivity index (χ1) is 13.3. The highest BCUT2D eigenvalue weighted by Gasteiger charge is 2.31. The Kier molecular flexibility index (Phi) is 5.49. The third-order valence-corrected chi connectivity index (χ3v) is 3.75. The van der Waals surface area contributed by atoms with Gasteiger partial charge in [-0.05, 0) is 30.3 Å². The van der Waals surface area contributed by atoms with E-state index in [9.17, 15) is 22.8 Å². The monoisotopic (exact) mass is 389 g/mol. The van der Waals surface area contributed by atoms with Gasteiger partial charge in [-0.25, -0.2) is 4.79 Å². The molecule has 0 spiro atoms. The Morgan fingerprint density at radius 2 is 1.71 bits per heavy atom. The summed E-state index contributed by atoms with van der Waals surface area (Å²) in [6.45, 7) is 0. The van der Waals surface area contributed by atoms with E-state index in [4.69, 9.17) is 9.15 Å². The van der Waals surface area contributed by atoms with Crippen LogP contribution in [-0.2, 0) is 15.7 Å². The highest BCUT2D eigenvalue weighted by Crippen LogP contribution is 2.31. The van der Waals surface area contributed by atoms with Crippen molar-refractivity contribution >= 4 is 17.6 Å². The summed E-state index contributed by atoms with van der Waals surface area (Å²) < 4.78 is 48.8. The van der Waals surface area contributed by atoms with Gasteiger partial charge in [0.15, 0.2) is 0 Å². The second-order valence-corrected chi connectivity index (χ2v) is 5.74. The number of esters is 1. The number of carbonyl (C=O) groups excluding carboxylic acids is 2. The molecule has 8 heteroatoms. The third-order valence-electron chi connectivity index (χ3n) is 3.75. The number of ether oxygens (including phenoxy) is 1. The van der Waals surface area contributed by atoms with Crippen molar-refractivity contribution in [2.75, 3.05) is 5.32 Å². The zero-order valence-corrected chi connectivity index (χ0v) is 14.3. The molecule has 1 heterocycles. The number of furan rings is 1. The highest BCUT2D eigenvalue weighted by molar-refractivity contribution is 5.97. The minimum Gasteiger partial charge on any atom is -0.457 e. The molecule has 0 aliphatic carbocycles. The summed E-state index contributed by atoms with van der Waals surface area (Å²) in [5.41, 5.74) is -0.629. The molecule has 2 aromatic carbocycles. The molecule has 3 aromatic rings. The summed E-state index contributed by atoms with van der Waals surface area (Å²) in [5.74, 6) is -1.78. The van der Waals surface area contributed by atoms with E-state index >= 15 is 0 Å². The summed E-state index contributed by atoms with van der Waals surface area (Å²) in [6.07, 6.45) is -4.66. The molecule has 144 valence electrons. The fourth-order valence-electron chi connectivity index (χ4n) is 2.44. The molecule has 28 heavy (non-hydrogen) atoms. The van der Waals surface area contributed by atoms with E-state index in [0.29, 0.717) is 5.56 Å². The minimum absolute atomic E-state index is 0.0743. The maximum Gasteiger partial charge on any atom is 0.416 e. The van der Waals surface area contributed by atoms with Gasteiger partial charge >= 0.3 is 12.1 Å². The van der Waals surface area contributed by atoms with Crippen molar-refractivity contribution in [2.24, 2.45) is 0 Å². The normalized spacial score (nSPS) is 12.2. The predicted molar refractivity (Wildman–Crippen MR) is 93.4 cm³/mol. The van der Waals surface area contributed by atoms with Crippen molar-refractivity contribution in [2.45, 2.75) is 12.3 Å². The lowest BCUT2D eigenvalue weighted by molar-refractivity contribution is -0.137. The summed E-state index contributed by atoms with van der Waals surface area (Å²) in [5, 5.41) is 2.36. The number of anilines is 1. The van der Waals surface area contributed by atoms with E-state index in [0.717, 1.165) is 12.1 Å². The van der Waals surface area contributed by atoms with Gasteiger partial charge in [-0.3, -0.25) is 4.79 Å². The van der Waals surface area contributed by atoms with Gasteiger partial charge in [-0.2, -0.15) is 13.2 Å². The van der Waals surface area contributed by atoms with E-state index < -0.39 is 29.7 Å². The van der Waals surface area contributed by atoms with Crippen molar-refractivity contribution in [1.29, 1.82) is 0 Å². The Hall–Kier alpha value is -3.55. The van der Waals surface area contributed by atoms with Crippen molar-refractivity contribution < 1.29 is 31.9 Å². The van der Waals surface area contributed by atoms with E-state index in [1.165, 1.54) is 30.5 Å². The maximum atomic E-state index is 12.9. The van der Waals surface area contributed by atoms with Gasteiger partial charge in [0.2, 0.25) is 11.9 Å². The Labute approximate surface area is 157 Å². The van der Waals surface area contributed by atoms with Crippen molar-refractivity contribution in [3.05, 3.63) is 89.9 Å². The third kappa shape index (κ3) is 4.59. The molecular weight excluding hydrogens is 375 g/mol. The van der Waals surface area contributed by atoms with Gasteiger partial charge in [-0.15, -0.1) is 0 Å². The number of rotatable bonds is 5. The molecule has 1 aromatic heterocycles. The van der Waals surface area contributed by atoms with Crippen molar-refractivity contribution in [1.82, 2.24) is 0 Å². The summed E-state index contributed by atoms with van der Waals surface area (Å²) in [4.78, 5) is 24.9. The second-order valence-electron chi connectivity index (χ2n) is 5.74. The highest BCUT2D eigenvalue weighted by atomic mass is 19.4. The van der Waals surface area contributed by atoms with Gasteiger partial charge in [0.05, 0.1) is 11.8 Å². The Bertz CT molecular complexity index is 953. The van der Waals surface area contributed by atoms with Gasteiger partial charge in [0, 0.05) is 11.3 Å². The fourth-order valence-corrected chi connectivity index (χ4v) is 2.44. The van der Waals surface area contributed by atoms with Crippen LogP contribution in [0.5, 0.6) is 0 Å². The van der Waals surface area contributed by atoms with Crippen LogP contribution >= 0.6 is 0 Å². The van der Waals surface area contributed by atoms with Crippen molar-refractivity contribution in [3.8, 4) is 0 Å². The maximum absolute atomic E-state index is 12.9. The van der Waals surface area contributed by atoms with Gasteiger partial charge < -0.3 is 14.5 Å². The molecule has 0 saturated carbocycles. The fraction of sp³-hybridized carbons (Fsp3) is 0.100. The lowest BCUT2D eigenvalue weighted by Crippen LogP contribution is -2.26. The van der Waals surface area contributed by atoms with E-state index in [1.807, 2.05) is 0 Å². The number of hydrogen-bond donors (Lipinski definition) is 1. The molecule has 0 fully saturated rings. The van der Waals surface area contributed by atoms with Crippen LogP contribution < -0.4 is 5.32 Å². The molecule has 0 aliphatic heterocycles. The van der Waals surface area contributed by atoms with Crippen LogP contribution in [0, 0.1) is 0 Å². The summed E-state index contributed by atoms with van der Waals surface area (Å²) in [7, 11) is 0. The van der Waals surface area contributed by atoms with Gasteiger partial charge in [-0.1, -0.05) is 36.4 Å². The predicted octanol–water partition coefficient (Wildman–Crippen LogP) is 4.84. The molecule has 0 aliphatic rings. The second kappa shape index (κ2) is 7.99. The average molecular weight is 389 g/mol. The summed E-state index contributed by atoms with van der Waals surface area (Å²) >= 11 is 0. The molecule has 0 radical (unpaired) electrons. The molecule has 3 rings (SSSR count). The van der Waals surface area contributed by atoms with Gasteiger partial charge in [0.25, 0.3) is 5.91 Å². The Morgan fingerprint density at radius 1 is 0.964 bits per heavy atom. The minimum atomic E-state index is -4.55. The van der Waals surface area contributed by atoms with Crippen LogP contribution in [0.4, 0.5) is 18.9 Å². The first-order valence-electron chi connectivity index (χ1n) is 8.12. The Morgan fingerprint density at radius 3 is 2.36 bits per heavy atom. The van der Waals surface area contributed by atoms with E-state index in [-0.39, 0.29) is 11.4 Å². The smallest absolute Gasteiger partial charge is 0.416 e. The standard InChI is InChI=1S/C20H14F3NO4/c21-20(22,23)14-8-4-9-15(12-14)24-18(25)17(13-6-2-1-3-7-13)28-19(26)16-10-5-11-27-16/h1-12,17H,(H,24,25)/t17-/m1/s1.